The molecule has 0 atom stereocenters. The van der Waals surface area contributed by atoms with E-state index in [9.17, 15) is 4.79 Å². The maximum atomic E-state index is 11.8. The largest absolute Gasteiger partial charge is 0.481 e. The van der Waals surface area contributed by atoms with Crippen molar-refractivity contribution in [3.8, 4) is 5.88 Å². The second-order valence-corrected chi connectivity index (χ2v) is 4.49. The SMILES string of the molecule is COc1ccc(NC(=O)CC2CCCC2)cn1. The van der Waals surface area contributed by atoms with Gasteiger partial charge in [0.25, 0.3) is 0 Å². The number of hydrogen-bond acceptors (Lipinski definition) is 3. The second-order valence-electron chi connectivity index (χ2n) is 4.49. The Labute approximate surface area is 101 Å². The van der Waals surface area contributed by atoms with Crippen molar-refractivity contribution in [2.24, 2.45) is 5.92 Å². The van der Waals surface area contributed by atoms with Gasteiger partial charge in [0.15, 0.2) is 0 Å². The van der Waals surface area contributed by atoms with Gasteiger partial charge in [0.05, 0.1) is 19.0 Å². The van der Waals surface area contributed by atoms with Crippen LogP contribution in [0.1, 0.15) is 32.1 Å². The number of hydrogen-bond donors (Lipinski definition) is 1. The van der Waals surface area contributed by atoms with Crippen LogP contribution in [0.15, 0.2) is 18.3 Å². The third-order valence-electron chi connectivity index (χ3n) is 3.18. The molecule has 1 saturated carbocycles. The zero-order valence-electron chi connectivity index (χ0n) is 10.1. The fourth-order valence-corrected chi connectivity index (χ4v) is 2.26. The summed E-state index contributed by atoms with van der Waals surface area (Å²) in [6.45, 7) is 0. The minimum atomic E-state index is 0.0869. The summed E-state index contributed by atoms with van der Waals surface area (Å²) in [5.74, 6) is 1.21. The third kappa shape index (κ3) is 3.44. The number of ether oxygens (including phenoxy) is 1. The molecule has 17 heavy (non-hydrogen) atoms. The summed E-state index contributed by atoms with van der Waals surface area (Å²) in [6, 6.07) is 3.55. The van der Waals surface area contributed by atoms with E-state index in [1.54, 1.807) is 25.4 Å². The van der Waals surface area contributed by atoms with Gasteiger partial charge in [0, 0.05) is 12.5 Å². The molecule has 0 aliphatic heterocycles. The fourth-order valence-electron chi connectivity index (χ4n) is 2.26. The van der Waals surface area contributed by atoms with Gasteiger partial charge in [-0.15, -0.1) is 0 Å². The first-order valence-corrected chi connectivity index (χ1v) is 6.08. The first-order chi connectivity index (χ1) is 8.28. The van der Waals surface area contributed by atoms with E-state index in [1.165, 1.54) is 25.7 Å². The lowest BCUT2D eigenvalue weighted by Gasteiger charge is -2.09. The van der Waals surface area contributed by atoms with Crippen LogP contribution in [0, 0.1) is 5.92 Å². The zero-order valence-corrected chi connectivity index (χ0v) is 10.1. The number of nitrogens with one attached hydrogen (secondary N) is 1. The number of carbonyl (C=O) groups is 1. The van der Waals surface area contributed by atoms with Gasteiger partial charge in [-0.25, -0.2) is 4.98 Å². The average Bonchev–Trinajstić information content (AvgIpc) is 2.82. The van der Waals surface area contributed by atoms with E-state index < -0.39 is 0 Å². The van der Waals surface area contributed by atoms with Gasteiger partial charge in [-0.05, 0) is 24.8 Å². The topological polar surface area (TPSA) is 51.2 Å². The quantitative estimate of drug-likeness (QED) is 0.871. The molecular formula is C13H18N2O2. The fraction of sp³-hybridized carbons (Fsp3) is 0.538. The lowest BCUT2D eigenvalue weighted by molar-refractivity contribution is -0.117. The molecule has 0 saturated heterocycles. The molecule has 4 heteroatoms. The Morgan fingerprint density at radius 2 is 2.24 bits per heavy atom. The number of pyridine rings is 1. The monoisotopic (exact) mass is 234 g/mol. The molecule has 0 aromatic carbocycles. The summed E-state index contributed by atoms with van der Waals surface area (Å²) >= 11 is 0. The molecule has 1 aromatic heterocycles. The van der Waals surface area contributed by atoms with Crippen molar-refractivity contribution in [1.29, 1.82) is 0 Å². The van der Waals surface area contributed by atoms with E-state index in [0.29, 0.717) is 18.2 Å². The first kappa shape index (κ1) is 11.9. The highest BCUT2D eigenvalue weighted by atomic mass is 16.5. The van der Waals surface area contributed by atoms with Gasteiger partial charge in [0.2, 0.25) is 11.8 Å². The smallest absolute Gasteiger partial charge is 0.224 e. The predicted octanol–water partition coefficient (Wildman–Crippen LogP) is 2.61. The van der Waals surface area contributed by atoms with E-state index in [1.807, 2.05) is 0 Å². The molecule has 1 heterocycles. The van der Waals surface area contributed by atoms with Crippen molar-refractivity contribution >= 4 is 11.6 Å². The van der Waals surface area contributed by atoms with Gasteiger partial charge < -0.3 is 10.1 Å². The maximum Gasteiger partial charge on any atom is 0.224 e. The summed E-state index contributed by atoms with van der Waals surface area (Å²) in [5, 5.41) is 2.86. The number of nitrogens with zero attached hydrogens (tertiary/aromatic N) is 1. The molecule has 2 rings (SSSR count). The number of rotatable bonds is 4. The number of anilines is 1. The van der Waals surface area contributed by atoms with Crippen LogP contribution in [0.3, 0.4) is 0 Å². The minimum absolute atomic E-state index is 0.0869. The summed E-state index contributed by atoms with van der Waals surface area (Å²) in [6.07, 6.45) is 7.16. The van der Waals surface area contributed by atoms with Crippen molar-refractivity contribution < 1.29 is 9.53 Å². The molecule has 4 nitrogen and oxygen atoms in total. The maximum absolute atomic E-state index is 11.8. The summed E-state index contributed by atoms with van der Waals surface area (Å²) in [4.78, 5) is 15.8. The van der Waals surface area contributed by atoms with Gasteiger partial charge >= 0.3 is 0 Å². The molecule has 0 radical (unpaired) electrons. The van der Waals surface area contributed by atoms with Crippen LogP contribution in [-0.2, 0) is 4.79 Å². The summed E-state index contributed by atoms with van der Waals surface area (Å²) in [5.41, 5.74) is 0.730. The Hall–Kier alpha value is -1.58. The van der Waals surface area contributed by atoms with Crippen LogP contribution in [0.4, 0.5) is 5.69 Å². The highest BCUT2D eigenvalue weighted by Gasteiger charge is 2.18. The molecule has 1 aromatic rings. The number of aromatic nitrogens is 1. The molecule has 0 bridgehead atoms. The third-order valence-corrected chi connectivity index (χ3v) is 3.18. The first-order valence-electron chi connectivity index (χ1n) is 6.08. The Balaban J connectivity index is 1.84. The van der Waals surface area contributed by atoms with Gasteiger partial charge in [-0.2, -0.15) is 0 Å². The average molecular weight is 234 g/mol. The van der Waals surface area contributed by atoms with Crippen LogP contribution in [0.2, 0.25) is 0 Å². The van der Waals surface area contributed by atoms with Crippen molar-refractivity contribution in [1.82, 2.24) is 4.98 Å². The van der Waals surface area contributed by atoms with Crippen LogP contribution < -0.4 is 10.1 Å². The number of amides is 1. The Kier molecular flexibility index (Phi) is 3.96. The Morgan fingerprint density at radius 1 is 1.47 bits per heavy atom. The van der Waals surface area contributed by atoms with Crippen LogP contribution in [0.25, 0.3) is 0 Å². The molecule has 1 N–H and O–H groups in total. The molecule has 0 spiro atoms. The van der Waals surface area contributed by atoms with E-state index >= 15 is 0 Å². The van der Waals surface area contributed by atoms with Gasteiger partial charge in [-0.3, -0.25) is 4.79 Å². The molecule has 1 aliphatic carbocycles. The zero-order chi connectivity index (χ0) is 12.1. The molecule has 92 valence electrons. The van der Waals surface area contributed by atoms with Gasteiger partial charge in [-0.1, -0.05) is 12.8 Å². The number of methoxy groups -OCH3 is 1. The Morgan fingerprint density at radius 3 is 2.82 bits per heavy atom. The standard InChI is InChI=1S/C13H18N2O2/c1-17-13-7-6-11(9-14-13)15-12(16)8-10-4-2-3-5-10/h6-7,9-10H,2-5,8H2,1H3,(H,15,16). The molecule has 1 amide bonds. The van der Waals surface area contributed by atoms with Crippen molar-refractivity contribution in [2.45, 2.75) is 32.1 Å². The molecule has 0 unspecified atom stereocenters. The van der Waals surface area contributed by atoms with Crippen molar-refractivity contribution in [3.63, 3.8) is 0 Å². The van der Waals surface area contributed by atoms with Crippen LogP contribution in [-0.4, -0.2) is 18.0 Å². The van der Waals surface area contributed by atoms with E-state index in [2.05, 4.69) is 10.3 Å². The van der Waals surface area contributed by atoms with E-state index in [4.69, 9.17) is 4.74 Å². The predicted molar refractivity (Wildman–Crippen MR) is 66.0 cm³/mol. The second kappa shape index (κ2) is 5.66. The molecular weight excluding hydrogens is 216 g/mol. The minimum Gasteiger partial charge on any atom is -0.481 e. The van der Waals surface area contributed by atoms with Crippen molar-refractivity contribution in [2.75, 3.05) is 12.4 Å². The van der Waals surface area contributed by atoms with Crippen molar-refractivity contribution in [3.05, 3.63) is 18.3 Å². The number of carbonyl (C=O) groups excluding carboxylic acids is 1. The van der Waals surface area contributed by atoms with Gasteiger partial charge in [0.1, 0.15) is 0 Å². The normalized spacial score (nSPS) is 15.8. The molecule has 1 aliphatic rings. The summed E-state index contributed by atoms with van der Waals surface area (Å²) < 4.78 is 4.96. The van der Waals surface area contributed by atoms with E-state index in [0.717, 1.165) is 5.69 Å². The molecule has 1 fully saturated rings. The van der Waals surface area contributed by atoms with Crippen LogP contribution in [0.5, 0.6) is 5.88 Å². The highest BCUT2D eigenvalue weighted by molar-refractivity contribution is 5.90. The lowest BCUT2D eigenvalue weighted by atomic mass is 10.0. The highest BCUT2D eigenvalue weighted by Crippen LogP contribution is 2.27. The lowest BCUT2D eigenvalue weighted by Crippen LogP contribution is -2.15. The van der Waals surface area contributed by atoms with Crippen LogP contribution >= 0.6 is 0 Å². The van der Waals surface area contributed by atoms with E-state index in [-0.39, 0.29) is 5.91 Å². The summed E-state index contributed by atoms with van der Waals surface area (Å²) in [7, 11) is 1.57. The Bertz CT molecular complexity index is 370.